The lowest BCUT2D eigenvalue weighted by atomic mass is 9.95. The summed E-state index contributed by atoms with van der Waals surface area (Å²) in [5.41, 5.74) is 0. The summed E-state index contributed by atoms with van der Waals surface area (Å²) in [5, 5.41) is 0. The number of rotatable bonds is 0. The molecule has 0 amide bonds. The predicted octanol–water partition coefficient (Wildman–Crippen LogP) is 5.56. The molecule has 0 aromatic heterocycles. The van der Waals surface area contributed by atoms with Gasteiger partial charge < -0.3 is 0 Å². The summed E-state index contributed by atoms with van der Waals surface area (Å²) in [7, 11) is 0. The molecule has 0 radical (unpaired) electrons. The molecule has 0 spiro atoms. The van der Waals surface area contributed by atoms with Crippen LogP contribution in [0.25, 0.3) is 0 Å². The van der Waals surface area contributed by atoms with Crippen molar-refractivity contribution in [3.8, 4) is 0 Å². The molecule has 90 valence electrons. The molecule has 1 aliphatic rings. The second-order valence-corrected chi connectivity index (χ2v) is 5.84. The van der Waals surface area contributed by atoms with Gasteiger partial charge in [0.05, 0.1) is 0 Å². The first-order valence-electron chi connectivity index (χ1n) is 7.29. The van der Waals surface area contributed by atoms with Crippen LogP contribution >= 0.6 is 0 Å². The largest absolute Gasteiger partial charge is 0.0625 e. The molecule has 0 N–H and O–H groups in total. The van der Waals surface area contributed by atoms with Crippen molar-refractivity contribution in [1.82, 2.24) is 0 Å². The van der Waals surface area contributed by atoms with Crippen LogP contribution in [0.4, 0.5) is 0 Å². The Balaban J connectivity index is 2.21. The van der Waals surface area contributed by atoms with E-state index in [1.54, 1.807) is 0 Å². The highest BCUT2D eigenvalue weighted by molar-refractivity contribution is 4.60. The Kier molecular flexibility index (Phi) is 7.13. The van der Waals surface area contributed by atoms with Crippen LogP contribution in [-0.2, 0) is 0 Å². The average Bonchev–Trinajstić information content (AvgIpc) is 2.23. The van der Waals surface area contributed by atoms with Crippen molar-refractivity contribution in [2.24, 2.45) is 11.8 Å². The quantitative estimate of drug-likeness (QED) is 0.491. The van der Waals surface area contributed by atoms with E-state index in [-0.39, 0.29) is 0 Å². The minimum absolute atomic E-state index is 0.987. The van der Waals surface area contributed by atoms with Crippen molar-refractivity contribution in [2.45, 2.75) is 84.5 Å². The van der Waals surface area contributed by atoms with E-state index in [2.05, 4.69) is 13.8 Å². The monoisotopic (exact) mass is 210 g/mol. The molecule has 0 aromatic carbocycles. The summed E-state index contributed by atoms with van der Waals surface area (Å²) in [6.45, 7) is 4.89. The van der Waals surface area contributed by atoms with Crippen molar-refractivity contribution in [1.29, 1.82) is 0 Å². The average molecular weight is 210 g/mol. The molecule has 0 heterocycles. The molecule has 1 saturated carbocycles. The number of hydrogen-bond acceptors (Lipinski definition) is 0. The summed E-state index contributed by atoms with van der Waals surface area (Å²) in [5.74, 6) is 1.97. The third-order valence-corrected chi connectivity index (χ3v) is 4.04. The SMILES string of the molecule is CC1CCCCCCCC(C)CCCC1. The van der Waals surface area contributed by atoms with Gasteiger partial charge in [-0.15, -0.1) is 0 Å². The molecule has 0 saturated heterocycles. The van der Waals surface area contributed by atoms with Crippen LogP contribution in [0, 0.1) is 11.8 Å². The van der Waals surface area contributed by atoms with Gasteiger partial charge in [0.2, 0.25) is 0 Å². The third-order valence-electron chi connectivity index (χ3n) is 4.04. The Bertz CT molecular complexity index is 123. The van der Waals surface area contributed by atoms with Gasteiger partial charge in [-0.2, -0.15) is 0 Å². The lowest BCUT2D eigenvalue weighted by Crippen LogP contribution is -1.97. The first-order valence-corrected chi connectivity index (χ1v) is 7.29. The number of hydrogen-bond donors (Lipinski definition) is 0. The Hall–Kier alpha value is 0. The summed E-state index contributed by atoms with van der Waals surface area (Å²) in [6, 6.07) is 0. The topological polar surface area (TPSA) is 0 Å². The van der Waals surface area contributed by atoms with E-state index < -0.39 is 0 Å². The van der Waals surface area contributed by atoms with Gasteiger partial charge in [0.25, 0.3) is 0 Å². The fourth-order valence-corrected chi connectivity index (χ4v) is 2.79. The maximum Gasteiger partial charge on any atom is -0.0443 e. The van der Waals surface area contributed by atoms with Crippen LogP contribution in [-0.4, -0.2) is 0 Å². The van der Waals surface area contributed by atoms with E-state index in [0.717, 1.165) is 11.8 Å². The molecular formula is C15H30. The van der Waals surface area contributed by atoms with Gasteiger partial charge in [0.1, 0.15) is 0 Å². The molecule has 1 aliphatic carbocycles. The van der Waals surface area contributed by atoms with E-state index in [1.807, 2.05) is 0 Å². The summed E-state index contributed by atoms with van der Waals surface area (Å²) in [4.78, 5) is 0. The second kappa shape index (κ2) is 8.19. The van der Waals surface area contributed by atoms with E-state index >= 15 is 0 Å². The van der Waals surface area contributed by atoms with Crippen molar-refractivity contribution >= 4 is 0 Å². The zero-order valence-corrected chi connectivity index (χ0v) is 10.9. The van der Waals surface area contributed by atoms with Crippen LogP contribution < -0.4 is 0 Å². The molecule has 1 fully saturated rings. The Labute approximate surface area is 96.8 Å². The van der Waals surface area contributed by atoms with E-state index in [4.69, 9.17) is 0 Å². The molecule has 0 bridgehead atoms. The molecule has 0 aromatic rings. The van der Waals surface area contributed by atoms with Crippen LogP contribution in [0.15, 0.2) is 0 Å². The van der Waals surface area contributed by atoms with Crippen molar-refractivity contribution in [3.63, 3.8) is 0 Å². The molecule has 15 heavy (non-hydrogen) atoms. The molecular weight excluding hydrogens is 180 g/mol. The molecule has 0 heteroatoms. The zero-order chi connectivity index (χ0) is 10.9. The molecule has 2 atom stereocenters. The molecule has 0 aliphatic heterocycles. The standard InChI is InChI=1S/C15H30/c1-14-10-6-4-3-5-7-11-15(2)13-9-8-12-14/h14-15H,3-13H2,1-2H3. The lowest BCUT2D eigenvalue weighted by molar-refractivity contribution is 0.417. The highest BCUT2D eigenvalue weighted by atomic mass is 14.1. The first kappa shape index (κ1) is 13.1. The van der Waals surface area contributed by atoms with E-state index in [1.165, 1.54) is 70.6 Å². The lowest BCUT2D eigenvalue weighted by Gasteiger charge is -2.12. The normalized spacial score (nSPS) is 32.4. The highest BCUT2D eigenvalue weighted by Gasteiger charge is 2.06. The first-order chi connectivity index (χ1) is 7.29. The Morgan fingerprint density at radius 3 is 1.13 bits per heavy atom. The van der Waals surface area contributed by atoms with Crippen LogP contribution in [0.3, 0.4) is 0 Å². The van der Waals surface area contributed by atoms with Crippen molar-refractivity contribution in [3.05, 3.63) is 0 Å². The van der Waals surface area contributed by atoms with Crippen molar-refractivity contribution < 1.29 is 0 Å². The van der Waals surface area contributed by atoms with E-state index in [0.29, 0.717) is 0 Å². The minimum atomic E-state index is 0.987. The van der Waals surface area contributed by atoms with Gasteiger partial charge in [-0.1, -0.05) is 84.5 Å². The second-order valence-electron chi connectivity index (χ2n) is 5.84. The Morgan fingerprint density at radius 1 is 0.467 bits per heavy atom. The third kappa shape index (κ3) is 6.98. The minimum Gasteiger partial charge on any atom is -0.0625 e. The van der Waals surface area contributed by atoms with Crippen LogP contribution in [0.5, 0.6) is 0 Å². The summed E-state index contributed by atoms with van der Waals surface area (Å²) < 4.78 is 0. The molecule has 2 unspecified atom stereocenters. The maximum absolute atomic E-state index is 2.45. The fourth-order valence-electron chi connectivity index (χ4n) is 2.79. The van der Waals surface area contributed by atoms with Crippen molar-refractivity contribution in [2.75, 3.05) is 0 Å². The van der Waals surface area contributed by atoms with Gasteiger partial charge in [-0.25, -0.2) is 0 Å². The van der Waals surface area contributed by atoms with Gasteiger partial charge in [0, 0.05) is 0 Å². The molecule has 0 nitrogen and oxygen atoms in total. The van der Waals surface area contributed by atoms with Gasteiger partial charge in [0.15, 0.2) is 0 Å². The van der Waals surface area contributed by atoms with E-state index in [9.17, 15) is 0 Å². The van der Waals surface area contributed by atoms with Gasteiger partial charge >= 0.3 is 0 Å². The molecule has 1 rings (SSSR count). The summed E-state index contributed by atoms with van der Waals surface area (Å²) >= 11 is 0. The van der Waals surface area contributed by atoms with Crippen LogP contribution in [0.2, 0.25) is 0 Å². The fraction of sp³-hybridized carbons (Fsp3) is 1.00. The summed E-state index contributed by atoms with van der Waals surface area (Å²) in [6.07, 6.45) is 16.3. The maximum atomic E-state index is 2.45. The van der Waals surface area contributed by atoms with Gasteiger partial charge in [-0.3, -0.25) is 0 Å². The predicted molar refractivity (Wildman–Crippen MR) is 69.1 cm³/mol. The Morgan fingerprint density at radius 2 is 0.733 bits per heavy atom. The smallest absolute Gasteiger partial charge is 0.0443 e. The van der Waals surface area contributed by atoms with Crippen LogP contribution in [0.1, 0.15) is 84.5 Å². The highest BCUT2D eigenvalue weighted by Crippen LogP contribution is 2.22. The van der Waals surface area contributed by atoms with Gasteiger partial charge in [-0.05, 0) is 11.8 Å². The zero-order valence-electron chi connectivity index (χ0n) is 10.9.